The van der Waals surface area contributed by atoms with Crippen LogP contribution in [0.4, 0.5) is 0 Å². The van der Waals surface area contributed by atoms with Crippen LogP contribution in [0.2, 0.25) is 0 Å². The molecule has 0 saturated heterocycles. The van der Waals surface area contributed by atoms with E-state index in [1.54, 1.807) is 0 Å². The number of para-hydroxylation sites is 1. The third-order valence-electron chi connectivity index (χ3n) is 10.7. The number of fused-ring (bicyclic) bond motifs is 1. The van der Waals surface area contributed by atoms with Gasteiger partial charge < -0.3 is 5.11 Å². The van der Waals surface area contributed by atoms with Crippen LogP contribution in [0.5, 0.6) is 5.75 Å². The number of rotatable bonds is 6. The van der Waals surface area contributed by atoms with E-state index in [-0.39, 0.29) is 37.6 Å². The van der Waals surface area contributed by atoms with Gasteiger partial charge in [-0.05, 0) is 94.0 Å². The van der Waals surface area contributed by atoms with E-state index in [2.05, 4.69) is 174 Å². The van der Waals surface area contributed by atoms with Gasteiger partial charge in [0.1, 0.15) is 11.6 Å². The molecule has 288 valence electrons. The molecule has 0 radical (unpaired) electrons. The molecule has 4 nitrogen and oxygen atoms in total. The van der Waals surface area contributed by atoms with E-state index < -0.39 is 0 Å². The molecule has 57 heavy (non-hydrogen) atoms. The maximum Gasteiger partial charge on any atom is 0.148 e. The summed E-state index contributed by atoms with van der Waals surface area (Å²) in [6.07, 6.45) is 1.88. The minimum Gasteiger partial charge on any atom is -0.507 e. The Morgan fingerprint density at radius 1 is 0.579 bits per heavy atom. The van der Waals surface area contributed by atoms with Crippen molar-refractivity contribution >= 4 is 11.0 Å². The van der Waals surface area contributed by atoms with E-state index in [1.165, 1.54) is 11.1 Å². The Hall–Kier alpha value is -5.57. The minimum atomic E-state index is -0.139. The van der Waals surface area contributed by atoms with Crippen LogP contribution in [-0.2, 0) is 31.9 Å². The van der Waals surface area contributed by atoms with Crippen molar-refractivity contribution in [3.63, 3.8) is 0 Å². The molecule has 0 spiro atoms. The van der Waals surface area contributed by atoms with Gasteiger partial charge in [-0.1, -0.05) is 144 Å². The van der Waals surface area contributed by atoms with Crippen molar-refractivity contribution in [3.05, 3.63) is 168 Å². The molecule has 0 unspecified atom stereocenters. The normalized spacial score (nSPS) is 11.8. The molecule has 0 bridgehead atoms. The van der Waals surface area contributed by atoms with Crippen LogP contribution in [0.1, 0.15) is 63.8 Å². The number of pyridine rings is 1. The Labute approximate surface area is 351 Å². The van der Waals surface area contributed by atoms with E-state index in [9.17, 15) is 5.11 Å². The predicted octanol–water partition coefficient (Wildman–Crippen LogP) is 13.5. The number of aryl methyl sites for hydroxylation is 2. The Balaban J connectivity index is 0.00000496. The Kier molecular flexibility index (Phi) is 10.7. The third-order valence-corrected chi connectivity index (χ3v) is 10.7. The maximum absolute atomic E-state index is 11.7. The number of phenolic OH excluding ortho intramolecular Hbond substituents is 1. The van der Waals surface area contributed by atoms with Gasteiger partial charge in [-0.3, -0.25) is 9.55 Å². The molecular formula is C52H48N3OPt-. The third kappa shape index (κ3) is 7.89. The van der Waals surface area contributed by atoms with Gasteiger partial charge in [-0.2, -0.15) is 0 Å². The second-order valence-electron chi connectivity index (χ2n) is 17.0. The summed E-state index contributed by atoms with van der Waals surface area (Å²) >= 11 is 0. The fraction of sp³-hybridized carbons (Fsp3) is 0.192. The van der Waals surface area contributed by atoms with E-state index in [0.29, 0.717) is 11.4 Å². The number of nitrogens with zero attached hydrogens (tertiary/aromatic N) is 3. The van der Waals surface area contributed by atoms with E-state index in [1.807, 2.05) is 31.3 Å². The number of hydrogen-bond donors (Lipinski definition) is 1. The largest absolute Gasteiger partial charge is 0.507 e. The molecule has 8 rings (SSSR count). The molecule has 2 aromatic heterocycles. The Bertz CT molecular complexity index is 2730. The molecule has 0 aliphatic heterocycles. The van der Waals surface area contributed by atoms with Crippen molar-refractivity contribution in [3.8, 4) is 67.5 Å². The van der Waals surface area contributed by atoms with Crippen molar-refractivity contribution < 1.29 is 26.2 Å². The molecule has 0 aliphatic carbocycles. The first-order valence-electron chi connectivity index (χ1n) is 19.4. The molecule has 5 heteroatoms. The van der Waals surface area contributed by atoms with Crippen LogP contribution in [0.15, 0.2) is 140 Å². The zero-order valence-electron chi connectivity index (χ0n) is 33.9. The standard InChI is InChI=1S/C52H48N3O.Pt/c1-33-24-34(2)49(56)45(25-33)50-54-48-44(20-15-21-47(48)55(50)43-30-38(36-18-13-10-14-19-36)27-42(32-43)52(6,7)8)39-26-40(29-41(28-39)51(3,4)5)46-31-37(22-23-53-46)35-16-11-9-12-17-35;/h9-25,27-32,56H,1-8H3;/q-1;. The molecule has 0 atom stereocenters. The monoisotopic (exact) mass is 925 g/mol. The van der Waals surface area contributed by atoms with Crippen LogP contribution in [0, 0.1) is 19.9 Å². The van der Waals surface area contributed by atoms with E-state index >= 15 is 0 Å². The summed E-state index contributed by atoms with van der Waals surface area (Å²) in [6.45, 7) is 17.5. The van der Waals surface area contributed by atoms with Gasteiger partial charge in [0.05, 0.1) is 16.6 Å². The number of benzene rings is 6. The summed E-state index contributed by atoms with van der Waals surface area (Å²) in [6, 6.07) is 50.7. The minimum absolute atomic E-state index is 0. The van der Waals surface area contributed by atoms with E-state index in [4.69, 9.17) is 9.97 Å². The number of phenols is 1. The summed E-state index contributed by atoms with van der Waals surface area (Å²) < 4.78 is 2.23. The van der Waals surface area contributed by atoms with Gasteiger partial charge in [0.15, 0.2) is 0 Å². The first-order valence-corrected chi connectivity index (χ1v) is 19.4. The average molecular weight is 926 g/mol. The van der Waals surface area contributed by atoms with Gasteiger partial charge in [0.2, 0.25) is 0 Å². The number of imidazole rings is 1. The second-order valence-corrected chi connectivity index (χ2v) is 17.0. The maximum atomic E-state index is 11.7. The van der Waals surface area contributed by atoms with Crippen molar-refractivity contribution in [2.75, 3.05) is 0 Å². The quantitative estimate of drug-likeness (QED) is 0.169. The van der Waals surface area contributed by atoms with Crippen molar-refractivity contribution in [1.82, 2.24) is 14.5 Å². The zero-order chi connectivity index (χ0) is 39.4. The fourth-order valence-corrected chi connectivity index (χ4v) is 7.53. The molecule has 2 heterocycles. The Morgan fingerprint density at radius 3 is 1.88 bits per heavy atom. The summed E-state index contributed by atoms with van der Waals surface area (Å²) in [5.41, 5.74) is 15.7. The van der Waals surface area contributed by atoms with Crippen molar-refractivity contribution in [1.29, 1.82) is 0 Å². The van der Waals surface area contributed by atoms with Crippen LogP contribution in [0.3, 0.4) is 0 Å². The van der Waals surface area contributed by atoms with Crippen LogP contribution in [-0.4, -0.2) is 19.6 Å². The van der Waals surface area contributed by atoms with Crippen LogP contribution < -0.4 is 0 Å². The first kappa shape index (κ1) is 39.7. The van der Waals surface area contributed by atoms with Gasteiger partial charge in [0, 0.05) is 38.6 Å². The molecule has 8 aromatic rings. The van der Waals surface area contributed by atoms with Crippen molar-refractivity contribution in [2.45, 2.75) is 66.2 Å². The van der Waals surface area contributed by atoms with Gasteiger partial charge >= 0.3 is 0 Å². The molecule has 0 aliphatic rings. The molecule has 1 N–H and O–H groups in total. The first-order chi connectivity index (χ1) is 26.7. The summed E-state index contributed by atoms with van der Waals surface area (Å²) in [5.74, 6) is 0.920. The molecule has 6 aromatic carbocycles. The molecular weight excluding hydrogens is 878 g/mol. The Morgan fingerprint density at radius 2 is 1.21 bits per heavy atom. The molecule has 0 saturated carbocycles. The fourth-order valence-electron chi connectivity index (χ4n) is 7.53. The number of hydrogen-bond acceptors (Lipinski definition) is 3. The molecule has 0 amide bonds. The van der Waals surface area contributed by atoms with Gasteiger partial charge in [-0.25, -0.2) is 4.98 Å². The predicted molar refractivity (Wildman–Crippen MR) is 233 cm³/mol. The van der Waals surface area contributed by atoms with Gasteiger partial charge in [0.25, 0.3) is 0 Å². The average Bonchev–Trinajstić information content (AvgIpc) is 3.59. The number of aromatic hydroxyl groups is 1. The summed E-state index contributed by atoms with van der Waals surface area (Å²) in [5, 5.41) is 11.7. The smallest absolute Gasteiger partial charge is 0.148 e. The second kappa shape index (κ2) is 15.4. The van der Waals surface area contributed by atoms with Crippen molar-refractivity contribution in [2.24, 2.45) is 0 Å². The SMILES string of the molecule is Cc1cc(C)c(O)c(-c2nc3c(-c4[c-]c(-c5cc(-c6ccccc6)ccn5)cc(C(C)(C)C)c4)cccc3n2-c2cc(-c3ccccc3)cc(C(C)(C)C)c2)c1.[Pt]. The van der Waals surface area contributed by atoms with Gasteiger partial charge in [-0.15, -0.1) is 29.3 Å². The summed E-state index contributed by atoms with van der Waals surface area (Å²) in [4.78, 5) is 10.3. The number of aromatic nitrogens is 3. The topological polar surface area (TPSA) is 50.9 Å². The zero-order valence-corrected chi connectivity index (χ0v) is 36.2. The van der Waals surface area contributed by atoms with Crippen LogP contribution >= 0.6 is 0 Å². The molecule has 0 fully saturated rings. The van der Waals surface area contributed by atoms with Crippen LogP contribution in [0.25, 0.3) is 72.7 Å². The van der Waals surface area contributed by atoms with E-state index in [0.717, 1.165) is 72.5 Å². The summed E-state index contributed by atoms with van der Waals surface area (Å²) in [7, 11) is 0.